The fourth-order valence-corrected chi connectivity index (χ4v) is 13.1. The molecule has 0 radical (unpaired) electrons. The molecule has 6 rings (SSSR count). The van der Waals surface area contributed by atoms with Crippen molar-refractivity contribution in [1.29, 1.82) is 0 Å². The van der Waals surface area contributed by atoms with Crippen molar-refractivity contribution in [3.8, 4) is 0 Å². The van der Waals surface area contributed by atoms with E-state index in [-0.39, 0.29) is 83.7 Å². The lowest BCUT2D eigenvalue weighted by Gasteiger charge is -2.38. The summed E-state index contributed by atoms with van der Waals surface area (Å²) in [7, 11) is -3.36. The van der Waals surface area contributed by atoms with Gasteiger partial charge in [-0.05, 0) is 96.5 Å². The molecule has 2 unspecified atom stereocenters. The molecule has 3 saturated carbocycles. The van der Waals surface area contributed by atoms with Gasteiger partial charge in [0, 0.05) is 44.1 Å². The number of fused-ring (bicyclic) bond motifs is 2. The molecular weight excluding hydrogens is 711 g/mol. The van der Waals surface area contributed by atoms with Crippen LogP contribution in [0.1, 0.15) is 129 Å². The SMILES string of the molecule is C=CCCC(=O)C(=O)C(CC(=O)[C@@H]1[C@@H]2C(CN1C(=O)[C@@H](CC(=O)CC1(CS(=O)(=O)CCC(C)C)CCCCC1)C1Cc3ccccc3C1)C2(C)C)CC1CC1. The number of rotatable bonds is 21. The van der Waals surface area contributed by atoms with Crippen molar-refractivity contribution < 1.29 is 32.4 Å². The van der Waals surface area contributed by atoms with Gasteiger partial charge in [-0.15, -0.1) is 6.58 Å². The summed E-state index contributed by atoms with van der Waals surface area (Å²) in [5.41, 5.74) is 1.62. The largest absolute Gasteiger partial charge is 0.332 e. The van der Waals surface area contributed by atoms with E-state index in [1.807, 2.05) is 26.0 Å². The molecule has 302 valence electrons. The van der Waals surface area contributed by atoms with E-state index in [1.165, 1.54) is 11.1 Å². The highest BCUT2D eigenvalue weighted by molar-refractivity contribution is 7.91. The highest BCUT2D eigenvalue weighted by Gasteiger charge is 2.69. The van der Waals surface area contributed by atoms with Crippen molar-refractivity contribution in [2.45, 2.75) is 136 Å². The predicted molar refractivity (Wildman–Crippen MR) is 215 cm³/mol. The third-order valence-electron chi connectivity index (χ3n) is 14.2. The lowest BCUT2D eigenvalue weighted by molar-refractivity contribution is -0.147. The Hall–Kier alpha value is -2.94. The molecule has 1 aliphatic heterocycles. The Morgan fingerprint density at radius 3 is 2.22 bits per heavy atom. The van der Waals surface area contributed by atoms with E-state index in [9.17, 15) is 27.6 Å². The van der Waals surface area contributed by atoms with Gasteiger partial charge in [-0.2, -0.15) is 0 Å². The van der Waals surface area contributed by atoms with Crippen LogP contribution in [0, 0.1) is 52.3 Å². The maximum absolute atomic E-state index is 15.1. The molecule has 4 fully saturated rings. The molecule has 1 amide bonds. The lowest BCUT2D eigenvalue weighted by atomic mass is 9.71. The number of allylic oxidation sites excluding steroid dienone is 1. The highest BCUT2D eigenvalue weighted by atomic mass is 32.2. The Bertz CT molecular complexity index is 1720. The Morgan fingerprint density at radius 2 is 1.62 bits per heavy atom. The number of carbonyl (C=O) groups excluding carboxylic acids is 5. The Balaban J connectivity index is 1.24. The number of ketones is 4. The second-order valence-electron chi connectivity index (χ2n) is 19.3. The van der Waals surface area contributed by atoms with Crippen LogP contribution in [0.2, 0.25) is 0 Å². The zero-order valence-electron chi connectivity index (χ0n) is 33.9. The number of carbonyl (C=O) groups is 5. The van der Waals surface area contributed by atoms with E-state index in [2.05, 4.69) is 32.6 Å². The maximum atomic E-state index is 15.1. The van der Waals surface area contributed by atoms with Crippen molar-refractivity contribution in [2.24, 2.45) is 52.3 Å². The zero-order valence-corrected chi connectivity index (χ0v) is 34.7. The molecule has 4 aliphatic carbocycles. The molecule has 55 heavy (non-hydrogen) atoms. The van der Waals surface area contributed by atoms with Crippen LogP contribution < -0.4 is 0 Å². The molecule has 0 bridgehead atoms. The number of hydrogen-bond donors (Lipinski definition) is 0. The highest BCUT2D eigenvalue weighted by Crippen LogP contribution is 2.65. The third-order valence-corrected chi connectivity index (χ3v) is 16.1. The lowest BCUT2D eigenvalue weighted by Crippen LogP contribution is -2.50. The van der Waals surface area contributed by atoms with Gasteiger partial charge < -0.3 is 4.90 Å². The topological polar surface area (TPSA) is 123 Å². The Labute approximate surface area is 330 Å². The first-order valence-electron chi connectivity index (χ1n) is 21.3. The van der Waals surface area contributed by atoms with Gasteiger partial charge in [0.2, 0.25) is 11.7 Å². The van der Waals surface area contributed by atoms with Crippen molar-refractivity contribution in [2.75, 3.05) is 18.1 Å². The summed E-state index contributed by atoms with van der Waals surface area (Å²) in [6.07, 6.45) is 10.9. The summed E-state index contributed by atoms with van der Waals surface area (Å²) in [6.45, 7) is 12.4. The quantitative estimate of drug-likeness (QED) is 0.0925. The minimum absolute atomic E-state index is 0.0178. The van der Waals surface area contributed by atoms with Gasteiger partial charge in [-0.3, -0.25) is 24.0 Å². The van der Waals surface area contributed by atoms with Crippen LogP contribution in [-0.2, 0) is 46.7 Å². The second-order valence-corrected chi connectivity index (χ2v) is 21.5. The summed E-state index contributed by atoms with van der Waals surface area (Å²) < 4.78 is 26.9. The average molecular weight is 776 g/mol. The smallest absolute Gasteiger partial charge is 0.227 e. The third kappa shape index (κ3) is 9.79. The van der Waals surface area contributed by atoms with Crippen molar-refractivity contribution >= 4 is 38.9 Å². The monoisotopic (exact) mass is 775 g/mol. The van der Waals surface area contributed by atoms with Crippen LogP contribution in [0.4, 0.5) is 0 Å². The summed E-state index contributed by atoms with van der Waals surface area (Å²) in [4.78, 5) is 72.1. The summed E-state index contributed by atoms with van der Waals surface area (Å²) in [6, 6.07) is 7.49. The number of likely N-dealkylation sites (tertiary alicyclic amines) is 1. The molecule has 5 atom stereocenters. The van der Waals surface area contributed by atoms with E-state index in [0.29, 0.717) is 57.4 Å². The minimum Gasteiger partial charge on any atom is -0.332 e. The first kappa shape index (κ1) is 41.7. The number of piperidine rings is 1. The molecule has 5 aliphatic rings. The van der Waals surface area contributed by atoms with Crippen LogP contribution in [0.25, 0.3) is 0 Å². The molecule has 0 N–H and O–H groups in total. The number of nitrogens with zero attached hydrogens (tertiary/aromatic N) is 1. The first-order valence-corrected chi connectivity index (χ1v) is 23.2. The summed E-state index contributed by atoms with van der Waals surface area (Å²) in [5.74, 6) is -1.85. The van der Waals surface area contributed by atoms with E-state index in [1.54, 1.807) is 11.0 Å². The molecule has 1 saturated heterocycles. The van der Waals surface area contributed by atoms with Crippen LogP contribution in [-0.4, -0.2) is 66.5 Å². The van der Waals surface area contributed by atoms with Crippen LogP contribution in [0.15, 0.2) is 36.9 Å². The molecule has 8 nitrogen and oxygen atoms in total. The Morgan fingerprint density at radius 1 is 0.964 bits per heavy atom. The van der Waals surface area contributed by atoms with Gasteiger partial charge in [0.05, 0.1) is 17.5 Å². The first-order chi connectivity index (χ1) is 26.0. The molecule has 9 heteroatoms. The summed E-state index contributed by atoms with van der Waals surface area (Å²) >= 11 is 0. The number of benzene rings is 1. The maximum Gasteiger partial charge on any atom is 0.227 e. The van der Waals surface area contributed by atoms with Crippen molar-refractivity contribution in [3.05, 3.63) is 48.0 Å². The molecule has 1 heterocycles. The number of amides is 1. The Kier molecular flexibility index (Phi) is 12.8. The van der Waals surface area contributed by atoms with Crippen LogP contribution >= 0.6 is 0 Å². The number of hydrogen-bond acceptors (Lipinski definition) is 7. The zero-order chi connectivity index (χ0) is 39.7. The van der Waals surface area contributed by atoms with E-state index < -0.39 is 44.7 Å². The van der Waals surface area contributed by atoms with Crippen LogP contribution in [0.5, 0.6) is 0 Å². The predicted octanol–water partition coefficient (Wildman–Crippen LogP) is 7.74. The summed E-state index contributed by atoms with van der Waals surface area (Å²) in [5, 5.41) is 0. The molecule has 0 aromatic heterocycles. The number of sulfone groups is 1. The van der Waals surface area contributed by atoms with Crippen LogP contribution in [0.3, 0.4) is 0 Å². The van der Waals surface area contributed by atoms with E-state index in [0.717, 1.165) is 32.1 Å². The fraction of sp³-hybridized carbons (Fsp3) is 0.717. The van der Waals surface area contributed by atoms with Gasteiger partial charge in [-0.25, -0.2) is 8.42 Å². The average Bonchev–Trinajstić information content (AvgIpc) is 3.89. The van der Waals surface area contributed by atoms with Gasteiger partial charge in [0.25, 0.3) is 0 Å². The second kappa shape index (κ2) is 16.9. The standard InChI is InChI=1S/C46H65NO7S/c1-6-7-15-39(49)43(51)35(22-31-16-17-31)25-40(50)42-41-38(45(41,4)5)28-47(42)44(52)37(34-23-32-13-9-10-14-33(32)24-34)26-36(48)27-46(19-11-8-12-20-46)29-55(53,54)21-18-30(2)3/h6,9-10,13-14,30-31,34-35,37-38,41-42H,1,7-8,11-12,15-29H2,2-5H3/t35?,37-,38?,41-,42+/m0/s1. The van der Waals surface area contributed by atoms with Crippen molar-refractivity contribution in [1.82, 2.24) is 4.90 Å². The fourth-order valence-electron chi connectivity index (χ4n) is 10.8. The van der Waals surface area contributed by atoms with Gasteiger partial charge in [-0.1, -0.05) is 90.1 Å². The van der Waals surface area contributed by atoms with E-state index >= 15 is 4.79 Å². The van der Waals surface area contributed by atoms with Gasteiger partial charge in [0.1, 0.15) is 5.78 Å². The molecular formula is C46H65NO7S. The molecule has 1 aromatic carbocycles. The molecule has 1 aromatic rings. The normalized spacial score (nSPS) is 25.2. The minimum atomic E-state index is -3.36. The molecule has 0 spiro atoms. The van der Waals surface area contributed by atoms with Gasteiger partial charge in [0.15, 0.2) is 21.4 Å². The van der Waals surface area contributed by atoms with E-state index in [4.69, 9.17) is 0 Å². The van der Waals surface area contributed by atoms with Gasteiger partial charge >= 0.3 is 0 Å². The van der Waals surface area contributed by atoms with Crippen molar-refractivity contribution in [3.63, 3.8) is 0 Å². The number of Topliss-reactive ketones (excluding diaryl/α,β-unsaturated/α-hetero) is 4.